The summed E-state index contributed by atoms with van der Waals surface area (Å²) in [4.78, 5) is 46.1. The molecule has 0 spiro atoms. The lowest BCUT2D eigenvalue weighted by molar-refractivity contribution is -0.137. The average molecular weight is 414 g/mol. The van der Waals surface area contributed by atoms with Gasteiger partial charge in [0.25, 0.3) is 0 Å². The molecular weight excluding hydrogens is 382 g/mol. The number of hydrogen-bond donors (Lipinski definition) is 2. The number of fused-ring (bicyclic) bond motifs is 1. The zero-order chi connectivity index (χ0) is 21.7. The number of nitrogens with one attached hydrogen (secondary N) is 2. The number of aromatic nitrogens is 1. The number of H-pyrrole nitrogens is 1. The lowest BCUT2D eigenvalue weighted by Crippen LogP contribution is -2.57. The van der Waals surface area contributed by atoms with Crippen LogP contribution >= 0.6 is 0 Å². The first-order valence-corrected chi connectivity index (χ1v) is 10.6. The highest BCUT2D eigenvalue weighted by atomic mass is 16.2. The van der Waals surface area contributed by atoms with Crippen LogP contribution < -0.4 is 5.32 Å². The van der Waals surface area contributed by atoms with Crippen LogP contribution in [0.15, 0.2) is 30.5 Å². The van der Waals surface area contributed by atoms with Gasteiger partial charge in [0.2, 0.25) is 11.8 Å². The number of nitrogens with zero attached hydrogens (tertiary/aromatic N) is 3. The predicted molar refractivity (Wildman–Crippen MR) is 116 cm³/mol. The van der Waals surface area contributed by atoms with Crippen molar-refractivity contribution in [3.8, 4) is 0 Å². The third-order valence-electron chi connectivity index (χ3n) is 5.67. The molecule has 1 aromatic carbocycles. The maximum absolute atomic E-state index is 13.2. The van der Waals surface area contributed by atoms with Crippen molar-refractivity contribution in [2.45, 2.75) is 33.2 Å². The number of aromatic amines is 1. The van der Waals surface area contributed by atoms with Crippen LogP contribution in [0.4, 0.5) is 4.79 Å². The Hall–Kier alpha value is -3.03. The van der Waals surface area contributed by atoms with E-state index < -0.39 is 6.04 Å². The predicted octanol–water partition coefficient (Wildman–Crippen LogP) is 1.82. The van der Waals surface area contributed by atoms with Crippen molar-refractivity contribution in [3.63, 3.8) is 0 Å². The fourth-order valence-electron chi connectivity index (χ4n) is 4.00. The van der Waals surface area contributed by atoms with Gasteiger partial charge in [-0.15, -0.1) is 0 Å². The summed E-state index contributed by atoms with van der Waals surface area (Å²) < 4.78 is 0. The number of carbonyl (C=O) groups excluding carboxylic acids is 3. The molecule has 0 bridgehead atoms. The third kappa shape index (κ3) is 4.75. The summed E-state index contributed by atoms with van der Waals surface area (Å²) in [7, 11) is 0. The van der Waals surface area contributed by atoms with Gasteiger partial charge in [0.05, 0.1) is 0 Å². The SMILES string of the molecule is CCN(CC)C(=O)N1CCN(C(=O)C(Cc2c[nH]c3ccccc23)NC(C)=O)CC1. The summed E-state index contributed by atoms with van der Waals surface area (Å²) >= 11 is 0. The number of carbonyl (C=O) groups is 3. The highest BCUT2D eigenvalue weighted by molar-refractivity contribution is 5.89. The molecule has 1 aromatic heterocycles. The smallest absolute Gasteiger partial charge is 0.320 e. The number of piperazine rings is 1. The maximum atomic E-state index is 13.2. The fourth-order valence-corrected chi connectivity index (χ4v) is 4.00. The molecule has 162 valence electrons. The zero-order valence-electron chi connectivity index (χ0n) is 18.0. The fraction of sp³-hybridized carbons (Fsp3) is 0.500. The number of urea groups is 1. The summed E-state index contributed by atoms with van der Waals surface area (Å²) in [6.07, 6.45) is 2.31. The van der Waals surface area contributed by atoms with Gasteiger partial charge < -0.3 is 25.0 Å². The van der Waals surface area contributed by atoms with E-state index in [9.17, 15) is 14.4 Å². The molecule has 0 radical (unpaired) electrons. The van der Waals surface area contributed by atoms with Crippen molar-refractivity contribution in [2.75, 3.05) is 39.3 Å². The van der Waals surface area contributed by atoms with Crippen LogP contribution in [0.5, 0.6) is 0 Å². The summed E-state index contributed by atoms with van der Waals surface area (Å²) in [6.45, 7) is 8.63. The number of hydrogen-bond acceptors (Lipinski definition) is 3. The van der Waals surface area contributed by atoms with Gasteiger partial charge in [0.15, 0.2) is 0 Å². The maximum Gasteiger partial charge on any atom is 0.320 e. The Bertz CT molecular complexity index is 897. The molecule has 4 amide bonds. The van der Waals surface area contributed by atoms with E-state index in [1.54, 1.807) is 14.7 Å². The Balaban J connectivity index is 1.67. The molecule has 30 heavy (non-hydrogen) atoms. The van der Waals surface area contributed by atoms with Crippen molar-refractivity contribution in [1.29, 1.82) is 0 Å². The number of para-hydroxylation sites is 1. The molecule has 2 aromatic rings. The standard InChI is InChI=1S/C22H31N5O3/c1-4-25(5-2)22(30)27-12-10-26(11-13-27)21(29)20(24-16(3)28)14-17-15-23-19-9-7-6-8-18(17)19/h6-9,15,20,23H,4-5,10-14H2,1-3H3,(H,24,28). The van der Waals surface area contributed by atoms with Crippen molar-refractivity contribution < 1.29 is 14.4 Å². The van der Waals surface area contributed by atoms with Crippen molar-refractivity contribution in [3.05, 3.63) is 36.0 Å². The Morgan fingerprint density at radius 3 is 2.33 bits per heavy atom. The Morgan fingerprint density at radius 1 is 1.07 bits per heavy atom. The lowest BCUT2D eigenvalue weighted by atomic mass is 10.0. The highest BCUT2D eigenvalue weighted by Gasteiger charge is 2.31. The van der Waals surface area contributed by atoms with Crippen LogP contribution in [0, 0.1) is 0 Å². The van der Waals surface area contributed by atoms with E-state index >= 15 is 0 Å². The second-order valence-corrected chi connectivity index (χ2v) is 7.58. The Morgan fingerprint density at radius 2 is 1.70 bits per heavy atom. The number of benzene rings is 1. The van der Waals surface area contributed by atoms with E-state index in [-0.39, 0.29) is 17.8 Å². The first-order chi connectivity index (χ1) is 14.4. The first-order valence-electron chi connectivity index (χ1n) is 10.6. The summed E-state index contributed by atoms with van der Waals surface area (Å²) in [5.41, 5.74) is 2.00. The van der Waals surface area contributed by atoms with Gasteiger partial charge in [0, 0.05) is 69.7 Å². The van der Waals surface area contributed by atoms with Crippen LogP contribution in [-0.4, -0.2) is 82.8 Å². The van der Waals surface area contributed by atoms with E-state index in [0.717, 1.165) is 16.5 Å². The summed E-state index contributed by atoms with van der Waals surface area (Å²) in [5.74, 6) is -0.339. The average Bonchev–Trinajstić information content (AvgIpc) is 3.16. The minimum atomic E-state index is -0.633. The van der Waals surface area contributed by atoms with E-state index in [2.05, 4.69) is 10.3 Å². The van der Waals surface area contributed by atoms with Crippen molar-refractivity contribution >= 4 is 28.7 Å². The molecule has 1 atom stereocenters. The Kier molecular flexibility index (Phi) is 6.97. The molecule has 2 heterocycles. The minimum absolute atomic E-state index is 0.0179. The lowest BCUT2D eigenvalue weighted by Gasteiger charge is -2.38. The molecule has 1 unspecified atom stereocenters. The largest absolute Gasteiger partial charge is 0.361 e. The van der Waals surface area contributed by atoms with Gasteiger partial charge in [0.1, 0.15) is 6.04 Å². The molecule has 0 aliphatic carbocycles. The van der Waals surface area contributed by atoms with Crippen molar-refractivity contribution in [2.24, 2.45) is 0 Å². The van der Waals surface area contributed by atoms with Gasteiger partial charge in [-0.05, 0) is 25.5 Å². The van der Waals surface area contributed by atoms with Gasteiger partial charge in [-0.25, -0.2) is 4.79 Å². The quantitative estimate of drug-likeness (QED) is 0.757. The van der Waals surface area contributed by atoms with E-state index in [4.69, 9.17) is 0 Å². The molecule has 8 nitrogen and oxygen atoms in total. The second kappa shape index (κ2) is 9.65. The molecule has 1 aliphatic heterocycles. The third-order valence-corrected chi connectivity index (χ3v) is 5.67. The van der Waals surface area contributed by atoms with E-state index in [1.807, 2.05) is 44.3 Å². The molecule has 3 rings (SSSR count). The second-order valence-electron chi connectivity index (χ2n) is 7.58. The van der Waals surface area contributed by atoms with Crippen LogP contribution in [-0.2, 0) is 16.0 Å². The van der Waals surface area contributed by atoms with E-state index in [1.165, 1.54) is 6.92 Å². The summed E-state index contributed by atoms with van der Waals surface area (Å²) in [6, 6.07) is 7.30. The van der Waals surface area contributed by atoms with Crippen molar-refractivity contribution in [1.82, 2.24) is 25.0 Å². The van der Waals surface area contributed by atoms with Crippen LogP contribution in [0.2, 0.25) is 0 Å². The number of amides is 4. The normalized spacial score (nSPS) is 15.2. The van der Waals surface area contributed by atoms with Gasteiger partial charge in [-0.1, -0.05) is 18.2 Å². The monoisotopic (exact) mass is 413 g/mol. The first kappa shape index (κ1) is 21.7. The zero-order valence-corrected chi connectivity index (χ0v) is 18.0. The van der Waals surface area contributed by atoms with Crippen LogP contribution in [0.25, 0.3) is 10.9 Å². The van der Waals surface area contributed by atoms with Gasteiger partial charge >= 0.3 is 6.03 Å². The molecule has 1 saturated heterocycles. The highest BCUT2D eigenvalue weighted by Crippen LogP contribution is 2.20. The molecule has 8 heteroatoms. The van der Waals surface area contributed by atoms with Crippen LogP contribution in [0.3, 0.4) is 0 Å². The molecule has 1 aliphatic rings. The molecule has 0 saturated carbocycles. The van der Waals surface area contributed by atoms with Gasteiger partial charge in [-0.3, -0.25) is 9.59 Å². The van der Waals surface area contributed by atoms with Crippen LogP contribution in [0.1, 0.15) is 26.3 Å². The topological polar surface area (TPSA) is 88.8 Å². The Labute approximate surface area is 177 Å². The number of rotatable bonds is 6. The summed E-state index contributed by atoms with van der Waals surface area (Å²) in [5, 5.41) is 3.87. The molecule has 2 N–H and O–H groups in total. The molecular formula is C22H31N5O3. The van der Waals surface area contributed by atoms with E-state index in [0.29, 0.717) is 45.7 Å². The minimum Gasteiger partial charge on any atom is -0.361 e. The van der Waals surface area contributed by atoms with Gasteiger partial charge in [-0.2, -0.15) is 0 Å². The molecule has 1 fully saturated rings.